The van der Waals surface area contributed by atoms with Crippen molar-refractivity contribution in [1.82, 2.24) is 14.8 Å². The molecule has 0 bridgehead atoms. The molecule has 1 aliphatic carbocycles. The minimum atomic E-state index is -0.330. The van der Waals surface area contributed by atoms with Crippen LogP contribution in [0.5, 0.6) is 5.88 Å². The van der Waals surface area contributed by atoms with E-state index in [9.17, 15) is 9.59 Å². The Labute approximate surface area is 148 Å². The van der Waals surface area contributed by atoms with Crippen molar-refractivity contribution in [3.63, 3.8) is 0 Å². The second-order valence-corrected chi connectivity index (χ2v) is 7.00. The van der Waals surface area contributed by atoms with Crippen LogP contribution in [0.4, 0.5) is 5.13 Å². The summed E-state index contributed by atoms with van der Waals surface area (Å²) in [6, 6.07) is 0. The average Bonchev–Trinajstić information content (AvgIpc) is 3.27. The first kappa shape index (κ1) is 16.1. The van der Waals surface area contributed by atoms with Crippen molar-refractivity contribution in [3.05, 3.63) is 22.3 Å². The van der Waals surface area contributed by atoms with Crippen LogP contribution < -0.4 is 10.1 Å². The van der Waals surface area contributed by atoms with E-state index in [0.717, 1.165) is 30.0 Å². The number of nitrogens with zero attached hydrogens (tertiary/aromatic N) is 3. The fourth-order valence-electron chi connectivity index (χ4n) is 3.14. The van der Waals surface area contributed by atoms with Gasteiger partial charge in [-0.15, -0.1) is 11.3 Å². The lowest BCUT2D eigenvalue weighted by Crippen LogP contribution is -2.18. The van der Waals surface area contributed by atoms with Crippen LogP contribution in [0, 0.1) is 0 Å². The summed E-state index contributed by atoms with van der Waals surface area (Å²) < 4.78 is 12.3. The van der Waals surface area contributed by atoms with Crippen molar-refractivity contribution in [3.8, 4) is 5.88 Å². The van der Waals surface area contributed by atoms with Gasteiger partial charge < -0.3 is 9.47 Å². The molecule has 0 fully saturated rings. The number of aromatic nitrogens is 3. The van der Waals surface area contributed by atoms with Crippen LogP contribution in [0.15, 0.2) is 6.20 Å². The van der Waals surface area contributed by atoms with Gasteiger partial charge in [0.2, 0.25) is 5.88 Å². The first-order chi connectivity index (χ1) is 12.2. The Morgan fingerprint density at radius 2 is 2.40 bits per heavy atom. The highest BCUT2D eigenvalue weighted by Gasteiger charge is 2.34. The molecule has 2 aromatic rings. The molecule has 0 aromatic carbocycles. The smallest absolute Gasteiger partial charge is 0.315 e. The molecule has 1 amide bonds. The van der Waals surface area contributed by atoms with Crippen molar-refractivity contribution in [2.75, 3.05) is 18.5 Å². The molecule has 3 heterocycles. The number of esters is 1. The molecule has 0 radical (unpaired) electrons. The Balaban J connectivity index is 1.51. The molecule has 132 valence electrons. The molecular formula is C16H18N4O4S. The van der Waals surface area contributed by atoms with Crippen LogP contribution in [0.1, 0.15) is 46.6 Å². The van der Waals surface area contributed by atoms with Gasteiger partial charge in [0, 0.05) is 17.8 Å². The molecule has 2 aliphatic rings. The Bertz CT molecular complexity index is 828. The maximum Gasteiger partial charge on any atom is 0.315 e. The highest BCUT2D eigenvalue weighted by molar-refractivity contribution is 7.16. The number of carbonyl (C=O) groups is 2. The SMILES string of the molecule is CCOC(=O)C1CCc2sc(NC(=O)c3cnn4c3OCCC4)nc21. The van der Waals surface area contributed by atoms with E-state index in [1.54, 1.807) is 11.6 Å². The number of rotatable bonds is 4. The van der Waals surface area contributed by atoms with E-state index < -0.39 is 0 Å². The predicted octanol–water partition coefficient (Wildman–Crippen LogP) is 1.97. The number of aryl methyl sites for hydroxylation is 2. The first-order valence-electron chi connectivity index (χ1n) is 8.33. The Morgan fingerprint density at radius 3 is 3.24 bits per heavy atom. The van der Waals surface area contributed by atoms with Gasteiger partial charge in [0.25, 0.3) is 5.91 Å². The van der Waals surface area contributed by atoms with E-state index in [2.05, 4.69) is 15.4 Å². The van der Waals surface area contributed by atoms with E-state index >= 15 is 0 Å². The first-order valence-corrected chi connectivity index (χ1v) is 9.15. The number of hydrogen-bond acceptors (Lipinski definition) is 7. The molecule has 9 heteroatoms. The van der Waals surface area contributed by atoms with Gasteiger partial charge in [-0.1, -0.05) is 0 Å². The normalized spacial score (nSPS) is 18.2. The molecule has 0 spiro atoms. The van der Waals surface area contributed by atoms with E-state index in [1.165, 1.54) is 17.5 Å². The molecule has 1 atom stereocenters. The van der Waals surface area contributed by atoms with E-state index in [1.807, 2.05) is 0 Å². The molecule has 25 heavy (non-hydrogen) atoms. The zero-order valence-corrected chi connectivity index (χ0v) is 14.6. The number of anilines is 1. The lowest BCUT2D eigenvalue weighted by atomic mass is 10.1. The fourth-order valence-corrected chi connectivity index (χ4v) is 4.18. The quantitative estimate of drug-likeness (QED) is 0.836. The minimum Gasteiger partial charge on any atom is -0.477 e. The van der Waals surface area contributed by atoms with Crippen LogP contribution in [-0.4, -0.2) is 39.9 Å². The van der Waals surface area contributed by atoms with Crippen LogP contribution in [-0.2, 0) is 22.5 Å². The van der Waals surface area contributed by atoms with Crippen LogP contribution in [0.25, 0.3) is 0 Å². The standard InChI is InChI=1S/C16H18N4O4S/c1-2-23-15(22)9-4-5-11-12(9)18-16(25-11)19-13(21)10-8-17-20-6-3-7-24-14(10)20/h8-9H,2-7H2,1H3,(H,18,19,21). The Morgan fingerprint density at radius 1 is 1.52 bits per heavy atom. The Kier molecular flexibility index (Phi) is 4.16. The van der Waals surface area contributed by atoms with Crippen LogP contribution in [0.2, 0.25) is 0 Å². The van der Waals surface area contributed by atoms with Gasteiger partial charge in [0.15, 0.2) is 5.13 Å². The van der Waals surface area contributed by atoms with Crippen LogP contribution in [0.3, 0.4) is 0 Å². The lowest BCUT2D eigenvalue weighted by molar-refractivity contribution is -0.145. The average molecular weight is 362 g/mol. The summed E-state index contributed by atoms with van der Waals surface area (Å²) >= 11 is 1.41. The van der Waals surface area contributed by atoms with Crippen molar-refractivity contribution in [1.29, 1.82) is 0 Å². The van der Waals surface area contributed by atoms with Gasteiger partial charge in [-0.2, -0.15) is 5.10 Å². The van der Waals surface area contributed by atoms with Gasteiger partial charge in [-0.05, 0) is 19.8 Å². The number of ether oxygens (including phenoxy) is 2. The number of carbonyl (C=O) groups excluding carboxylic acids is 2. The maximum absolute atomic E-state index is 12.5. The lowest BCUT2D eigenvalue weighted by Gasteiger charge is -2.15. The largest absolute Gasteiger partial charge is 0.477 e. The third-order valence-electron chi connectivity index (χ3n) is 4.30. The summed E-state index contributed by atoms with van der Waals surface area (Å²) in [6.07, 6.45) is 3.88. The maximum atomic E-state index is 12.5. The van der Waals surface area contributed by atoms with E-state index in [4.69, 9.17) is 9.47 Å². The molecule has 1 N–H and O–H groups in total. The third kappa shape index (κ3) is 2.88. The number of amides is 1. The van der Waals surface area contributed by atoms with Gasteiger partial charge >= 0.3 is 5.97 Å². The van der Waals surface area contributed by atoms with Crippen molar-refractivity contribution >= 4 is 28.3 Å². The highest BCUT2D eigenvalue weighted by Crippen LogP contribution is 2.39. The van der Waals surface area contributed by atoms with Crippen molar-refractivity contribution in [2.24, 2.45) is 0 Å². The molecule has 4 rings (SSSR count). The Hall–Kier alpha value is -2.42. The van der Waals surface area contributed by atoms with Crippen molar-refractivity contribution in [2.45, 2.75) is 38.6 Å². The number of thiazole rings is 1. The molecule has 1 aliphatic heterocycles. The number of fused-ring (bicyclic) bond motifs is 2. The van der Waals surface area contributed by atoms with E-state index in [-0.39, 0.29) is 17.8 Å². The van der Waals surface area contributed by atoms with Gasteiger partial charge in [0.1, 0.15) is 11.5 Å². The zero-order chi connectivity index (χ0) is 17.4. The summed E-state index contributed by atoms with van der Waals surface area (Å²) in [5.41, 5.74) is 1.13. The number of hydrogen-bond donors (Lipinski definition) is 1. The fraction of sp³-hybridized carbons (Fsp3) is 0.500. The summed E-state index contributed by atoms with van der Waals surface area (Å²) in [6.45, 7) is 3.47. The van der Waals surface area contributed by atoms with E-state index in [0.29, 0.717) is 36.2 Å². The minimum absolute atomic E-state index is 0.247. The molecule has 0 saturated carbocycles. The monoisotopic (exact) mass is 362 g/mol. The summed E-state index contributed by atoms with van der Waals surface area (Å²) in [4.78, 5) is 30.0. The van der Waals surface area contributed by atoms with Gasteiger partial charge in [-0.25, -0.2) is 9.67 Å². The van der Waals surface area contributed by atoms with Gasteiger partial charge in [-0.3, -0.25) is 14.9 Å². The van der Waals surface area contributed by atoms with Gasteiger partial charge in [0.05, 0.1) is 25.1 Å². The molecule has 0 saturated heterocycles. The third-order valence-corrected chi connectivity index (χ3v) is 5.34. The second kappa shape index (κ2) is 6.47. The summed E-state index contributed by atoms with van der Waals surface area (Å²) in [5, 5.41) is 7.46. The molecule has 2 aromatic heterocycles. The highest BCUT2D eigenvalue weighted by atomic mass is 32.1. The summed E-state index contributed by atoms with van der Waals surface area (Å²) in [7, 11) is 0. The molecular weight excluding hydrogens is 344 g/mol. The summed E-state index contributed by atoms with van der Waals surface area (Å²) in [5.74, 6) is -0.381. The number of nitrogens with one attached hydrogen (secondary N) is 1. The predicted molar refractivity (Wildman–Crippen MR) is 90.1 cm³/mol. The van der Waals surface area contributed by atoms with Crippen molar-refractivity contribution < 1.29 is 19.1 Å². The van der Waals surface area contributed by atoms with Crippen LogP contribution >= 0.6 is 11.3 Å². The molecule has 8 nitrogen and oxygen atoms in total. The molecule has 1 unspecified atom stereocenters. The second-order valence-electron chi connectivity index (χ2n) is 5.91. The zero-order valence-electron chi connectivity index (χ0n) is 13.8. The topological polar surface area (TPSA) is 95.3 Å².